The monoisotopic (exact) mass is 187 g/mol. The Morgan fingerprint density at radius 1 is 1.38 bits per heavy atom. The van der Waals surface area contributed by atoms with Crippen molar-refractivity contribution in [3.8, 4) is 0 Å². The van der Waals surface area contributed by atoms with Crippen molar-refractivity contribution in [3.63, 3.8) is 0 Å². The Bertz CT molecular complexity index is 189. The lowest BCUT2D eigenvalue weighted by atomic mass is 10.2. The summed E-state index contributed by atoms with van der Waals surface area (Å²) >= 11 is 0. The first-order chi connectivity index (χ1) is 5.95. The van der Waals surface area contributed by atoms with Crippen LogP contribution in [0.5, 0.6) is 0 Å². The van der Waals surface area contributed by atoms with Gasteiger partial charge in [0.1, 0.15) is 0 Å². The summed E-state index contributed by atoms with van der Waals surface area (Å²) in [5.41, 5.74) is 0. The Kier molecular flexibility index (Phi) is 5.11. The molecular weight excluding hydrogens is 170 g/mol. The van der Waals surface area contributed by atoms with Crippen molar-refractivity contribution in [2.75, 3.05) is 13.6 Å². The molecule has 0 radical (unpaired) electrons. The molecule has 0 atom stereocenters. The van der Waals surface area contributed by atoms with E-state index < -0.39 is 5.97 Å². The molecule has 0 aliphatic rings. The number of amides is 1. The number of carboxylic acids is 1. The van der Waals surface area contributed by atoms with E-state index in [4.69, 9.17) is 5.11 Å². The van der Waals surface area contributed by atoms with Gasteiger partial charge < -0.3 is 10.0 Å². The second-order valence-corrected chi connectivity index (χ2v) is 3.41. The summed E-state index contributed by atoms with van der Waals surface area (Å²) in [5.74, 6) is -0.773. The highest BCUT2D eigenvalue weighted by atomic mass is 16.4. The van der Waals surface area contributed by atoms with Crippen LogP contribution in [0.1, 0.15) is 26.7 Å². The maximum atomic E-state index is 11.3. The van der Waals surface area contributed by atoms with E-state index >= 15 is 0 Å². The predicted octanol–water partition coefficient (Wildman–Crippen LogP) is 0.966. The summed E-state index contributed by atoms with van der Waals surface area (Å²) in [4.78, 5) is 23.1. The van der Waals surface area contributed by atoms with Crippen LogP contribution >= 0.6 is 0 Å². The maximum Gasteiger partial charge on any atom is 0.303 e. The Labute approximate surface area is 78.5 Å². The number of hydrogen-bond donors (Lipinski definition) is 1. The fourth-order valence-electron chi connectivity index (χ4n) is 1.02. The molecule has 76 valence electrons. The molecule has 0 saturated heterocycles. The minimum Gasteiger partial charge on any atom is -0.481 e. The van der Waals surface area contributed by atoms with Crippen molar-refractivity contribution >= 4 is 11.9 Å². The highest BCUT2D eigenvalue weighted by Gasteiger charge is 2.12. The van der Waals surface area contributed by atoms with Gasteiger partial charge in [0.25, 0.3) is 0 Å². The summed E-state index contributed by atoms with van der Waals surface area (Å²) in [6.07, 6.45) is 0.639. The Morgan fingerprint density at radius 3 is 2.31 bits per heavy atom. The second-order valence-electron chi connectivity index (χ2n) is 3.41. The number of carbonyl (C=O) groups is 2. The van der Waals surface area contributed by atoms with Crippen LogP contribution in [-0.2, 0) is 9.59 Å². The topological polar surface area (TPSA) is 57.6 Å². The van der Waals surface area contributed by atoms with Crippen molar-refractivity contribution in [3.05, 3.63) is 0 Å². The zero-order chi connectivity index (χ0) is 10.4. The minimum absolute atomic E-state index is 0.0187. The molecule has 0 unspecified atom stereocenters. The molecule has 0 heterocycles. The van der Waals surface area contributed by atoms with E-state index in [-0.39, 0.29) is 18.2 Å². The lowest BCUT2D eigenvalue weighted by Gasteiger charge is -2.18. The SMILES string of the molecule is CC(C)C(=O)N(C)CCCC(=O)O. The third-order valence-electron chi connectivity index (χ3n) is 1.75. The number of carboxylic acid groups (broad SMARTS) is 1. The number of aliphatic carboxylic acids is 1. The molecule has 0 aromatic heterocycles. The van der Waals surface area contributed by atoms with Crippen LogP contribution in [0.2, 0.25) is 0 Å². The number of carbonyl (C=O) groups excluding carboxylic acids is 1. The van der Waals surface area contributed by atoms with Gasteiger partial charge in [-0.05, 0) is 6.42 Å². The first kappa shape index (κ1) is 11.9. The van der Waals surface area contributed by atoms with Gasteiger partial charge in [-0.3, -0.25) is 9.59 Å². The summed E-state index contributed by atoms with van der Waals surface area (Å²) in [6.45, 7) is 4.18. The van der Waals surface area contributed by atoms with Crippen LogP contribution in [0.4, 0.5) is 0 Å². The van der Waals surface area contributed by atoms with E-state index in [0.29, 0.717) is 13.0 Å². The normalized spacial score (nSPS) is 10.2. The molecule has 0 bridgehead atoms. The number of nitrogens with zero attached hydrogens (tertiary/aromatic N) is 1. The molecule has 0 aromatic carbocycles. The fraction of sp³-hybridized carbons (Fsp3) is 0.778. The highest BCUT2D eigenvalue weighted by Crippen LogP contribution is 2.00. The largest absolute Gasteiger partial charge is 0.481 e. The van der Waals surface area contributed by atoms with Crippen molar-refractivity contribution in [2.24, 2.45) is 5.92 Å². The molecule has 0 spiro atoms. The van der Waals surface area contributed by atoms with Crippen molar-refractivity contribution < 1.29 is 14.7 Å². The molecule has 13 heavy (non-hydrogen) atoms. The van der Waals surface area contributed by atoms with Crippen molar-refractivity contribution in [1.29, 1.82) is 0 Å². The average Bonchev–Trinajstić information content (AvgIpc) is 2.02. The molecule has 4 nitrogen and oxygen atoms in total. The summed E-state index contributed by atoms with van der Waals surface area (Å²) in [7, 11) is 1.70. The lowest BCUT2D eigenvalue weighted by Crippen LogP contribution is -2.31. The first-order valence-corrected chi connectivity index (χ1v) is 4.42. The molecule has 1 N–H and O–H groups in total. The van der Waals surface area contributed by atoms with Gasteiger partial charge >= 0.3 is 5.97 Å². The summed E-state index contributed by atoms with van der Waals surface area (Å²) in [6, 6.07) is 0. The smallest absolute Gasteiger partial charge is 0.303 e. The average molecular weight is 187 g/mol. The fourth-order valence-corrected chi connectivity index (χ4v) is 1.02. The third kappa shape index (κ3) is 5.22. The van der Waals surface area contributed by atoms with Gasteiger partial charge in [-0.2, -0.15) is 0 Å². The van der Waals surface area contributed by atoms with Crippen molar-refractivity contribution in [2.45, 2.75) is 26.7 Å². The van der Waals surface area contributed by atoms with Crippen LogP contribution in [0.15, 0.2) is 0 Å². The maximum absolute atomic E-state index is 11.3. The van der Waals surface area contributed by atoms with E-state index in [0.717, 1.165) is 0 Å². The van der Waals surface area contributed by atoms with E-state index in [2.05, 4.69) is 0 Å². The van der Waals surface area contributed by atoms with Gasteiger partial charge in [0.05, 0.1) is 0 Å². The lowest BCUT2D eigenvalue weighted by molar-refractivity contribution is -0.138. The molecule has 0 fully saturated rings. The highest BCUT2D eigenvalue weighted by molar-refractivity contribution is 5.77. The Hall–Kier alpha value is -1.06. The number of rotatable bonds is 5. The van der Waals surface area contributed by atoms with Gasteiger partial charge in [-0.1, -0.05) is 13.8 Å². The minimum atomic E-state index is -0.814. The summed E-state index contributed by atoms with van der Waals surface area (Å²) in [5, 5.41) is 8.37. The van der Waals surface area contributed by atoms with Gasteiger partial charge in [0.15, 0.2) is 0 Å². The predicted molar refractivity (Wildman–Crippen MR) is 49.3 cm³/mol. The van der Waals surface area contributed by atoms with Gasteiger partial charge in [0.2, 0.25) is 5.91 Å². The quantitative estimate of drug-likeness (QED) is 0.697. The Balaban J connectivity index is 3.68. The Morgan fingerprint density at radius 2 is 1.92 bits per heavy atom. The molecule has 0 rings (SSSR count). The van der Waals surface area contributed by atoms with E-state index in [1.807, 2.05) is 13.8 Å². The zero-order valence-electron chi connectivity index (χ0n) is 8.41. The molecule has 0 aliphatic heterocycles. The first-order valence-electron chi connectivity index (χ1n) is 4.42. The van der Waals surface area contributed by atoms with Crippen LogP contribution in [-0.4, -0.2) is 35.5 Å². The van der Waals surface area contributed by atoms with Crippen LogP contribution < -0.4 is 0 Å². The van der Waals surface area contributed by atoms with Crippen LogP contribution in [0.3, 0.4) is 0 Å². The zero-order valence-corrected chi connectivity index (χ0v) is 8.41. The molecule has 0 saturated carbocycles. The van der Waals surface area contributed by atoms with E-state index in [1.165, 1.54) is 0 Å². The van der Waals surface area contributed by atoms with Gasteiger partial charge in [0, 0.05) is 25.9 Å². The molecular formula is C9H17NO3. The molecule has 4 heteroatoms. The van der Waals surface area contributed by atoms with Gasteiger partial charge in [-0.25, -0.2) is 0 Å². The number of hydrogen-bond acceptors (Lipinski definition) is 2. The molecule has 0 aliphatic carbocycles. The van der Waals surface area contributed by atoms with Crippen LogP contribution in [0.25, 0.3) is 0 Å². The second kappa shape index (κ2) is 5.56. The third-order valence-corrected chi connectivity index (χ3v) is 1.75. The van der Waals surface area contributed by atoms with Gasteiger partial charge in [-0.15, -0.1) is 0 Å². The van der Waals surface area contributed by atoms with Crippen molar-refractivity contribution in [1.82, 2.24) is 4.90 Å². The summed E-state index contributed by atoms with van der Waals surface area (Å²) < 4.78 is 0. The van der Waals surface area contributed by atoms with Crippen LogP contribution in [0, 0.1) is 5.92 Å². The van der Waals surface area contributed by atoms with E-state index in [9.17, 15) is 9.59 Å². The molecule has 1 amide bonds. The van der Waals surface area contributed by atoms with E-state index in [1.54, 1.807) is 11.9 Å². The molecule has 0 aromatic rings. The standard InChI is InChI=1S/C9H17NO3/c1-7(2)9(13)10(3)6-4-5-8(11)12/h7H,4-6H2,1-3H3,(H,11,12).